The molecule has 0 saturated carbocycles. The third-order valence-electron chi connectivity index (χ3n) is 5.12. The lowest BCUT2D eigenvalue weighted by Crippen LogP contribution is -2.13. The normalized spacial score (nSPS) is 10.9. The Hall–Kier alpha value is -4.65. The number of carbonyl (C=O) groups excluding carboxylic acids is 2. The summed E-state index contributed by atoms with van der Waals surface area (Å²) in [6, 6.07) is 23.5. The molecule has 2 amide bonds. The van der Waals surface area contributed by atoms with Gasteiger partial charge in [-0.05, 0) is 42.5 Å². The highest BCUT2D eigenvalue weighted by molar-refractivity contribution is 6.12. The number of anilines is 1. The molecule has 0 aliphatic carbocycles. The van der Waals surface area contributed by atoms with Gasteiger partial charge in [0.2, 0.25) is 11.7 Å². The second-order valence-corrected chi connectivity index (χ2v) is 7.21. The molecule has 0 atom stereocenters. The lowest BCUT2D eigenvalue weighted by Gasteiger charge is -2.05. The molecule has 0 fully saturated rings. The van der Waals surface area contributed by atoms with Crippen molar-refractivity contribution in [3.63, 3.8) is 0 Å². The highest BCUT2D eigenvalue weighted by Crippen LogP contribution is 2.35. The van der Waals surface area contributed by atoms with Crippen LogP contribution in [0.4, 0.5) is 5.69 Å². The number of hydrogen-bond acceptors (Lipinski definition) is 4. The Bertz CT molecular complexity index is 1430. The van der Waals surface area contributed by atoms with Gasteiger partial charge in [0.1, 0.15) is 5.58 Å². The number of nitrogens with two attached hydrogens (primary N) is 1. The molecule has 7 heteroatoms. The number of fused-ring (bicyclic) bond motifs is 1. The third kappa shape index (κ3) is 3.52. The predicted molar refractivity (Wildman–Crippen MR) is 122 cm³/mol. The third-order valence-corrected chi connectivity index (χ3v) is 5.12. The summed E-state index contributed by atoms with van der Waals surface area (Å²) in [5.74, 6) is -0.758. The maximum Gasteiger partial charge on any atom is 0.292 e. The van der Waals surface area contributed by atoms with E-state index in [0.717, 1.165) is 16.6 Å². The van der Waals surface area contributed by atoms with Gasteiger partial charge in [0, 0.05) is 34.0 Å². The van der Waals surface area contributed by atoms with Crippen LogP contribution in [0.5, 0.6) is 0 Å². The lowest BCUT2D eigenvalue weighted by molar-refractivity contribution is 0.0993. The zero-order chi connectivity index (χ0) is 22.1. The predicted octanol–water partition coefficient (Wildman–Crippen LogP) is 4.64. The van der Waals surface area contributed by atoms with Gasteiger partial charge in [0.25, 0.3) is 5.91 Å². The van der Waals surface area contributed by atoms with Crippen LogP contribution in [-0.4, -0.2) is 21.6 Å². The molecule has 3 N–H and O–H groups in total. The second kappa shape index (κ2) is 7.88. The first-order valence-corrected chi connectivity index (χ1v) is 9.93. The number of hydrogen-bond donors (Lipinski definition) is 2. The zero-order valence-corrected chi connectivity index (χ0v) is 16.9. The zero-order valence-electron chi connectivity index (χ0n) is 16.9. The first-order chi connectivity index (χ1) is 15.6. The molecule has 3 aromatic carbocycles. The van der Waals surface area contributed by atoms with E-state index in [4.69, 9.17) is 10.2 Å². The molecule has 0 radical (unpaired) electrons. The maximum absolute atomic E-state index is 13.1. The summed E-state index contributed by atoms with van der Waals surface area (Å²) in [7, 11) is 0. The molecule has 5 rings (SSSR count). The van der Waals surface area contributed by atoms with E-state index in [2.05, 4.69) is 10.4 Å². The second-order valence-electron chi connectivity index (χ2n) is 7.21. The molecular weight excluding hydrogens is 404 g/mol. The highest BCUT2D eigenvalue weighted by Gasteiger charge is 2.23. The Morgan fingerprint density at radius 2 is 1.62 bits per heavy atom. The fourth-order valence-corrected chi connectivity index (χ4v) is 3.57. The molecule has 32 heavy (non-hydrogen) atoms. The summed E-state index contributed by atoms with van der Waals surface area (Å²) in [4.78, 5) is 24.4. The summed E-state index contributed by atoms with van der Waals surface area (Å²) in [6.07, 6.45) is 3.58. The van der Waals surface area contributed by atoms with E-state index in [1.165, 1.54) is 0 Å². The van der Waals surface area contributed by atoms with Crippen LogP contribution in [-0.2, 0) is 0 Å². The van der Waals surface area contributed by atoms with Crippen molar-refractivity contribution in [3.8, 4) is 16.8 Å². The Morgan fingerprint density at radius 1 is 0.906 bits per heavy atom. The minimum Gasteiger partial charge on any atom is -0.450 e. The van der Waals surface area contributed by atoms with Crippen LogP contribution in [0.3, 0.4) is 0 Å². The van der Waals surface area contributed by atoms with Gasteiger partial charge in [0.05, 0.1) is 11.9 Å². The van der Waals surface area contributed by atoms with Crippen LogP contribution in [0.2, 0.25) is 0 Å². The first-order valence-electron chi connectivity index (χ1n) is 9.93. The van der Waals surface area contributed by atoms with Crippen molar-refractivity contribution in [2.24, 2.45) is 5.73 Å². The molecule has 0 saturated heterocycles. The standard InChI is InChI=1S/C25H18N4O3/c26-24(30)16-10-12-18(13-11-16)28-25(31)23-22(20-8-4-5-9-21(20)32-23)17-14-27-29(15-17)19-6-2-1-3-7-19/h1-15H,(H2,26,30)(H,28,31). The SMILES string of the molecule is NC(=O)c1ccc(NC(=O)c2oc3ccccc3c2-c2cnn(-c3ccccc3)c2)cc1. The smallest absolute Gasteiger partial charge is 0.292 e. The Kier molecular flexibility index (Phi) is 4.76. The largest absolute Gasteiger partial charge is 0.450 e. The molecule has 2 aromatic heterocycles. The van der Waals surface area contributed by atoms with Crippen LogP contribution >= 0.6 is 0 Å². The van der Waals surface area contributed by atoms with Crippen molar-refractivity contribution >= 4 is 28.5 Å². The Morgan fingerprint density at radius 3 is 2.38 bits per heavy atom. The van der Waals surface area contributed by atoms with Crippen molar-refractivity contribution in [1.29, 1.82) is 0 Å². The average Bonchev–Trinajstić information content (AvgIpc) is 3.45. The molecule has 0 bridgehead atoms. The number of benzene rings is 3. The summed E-state index contributed by atoms with van der Waals surface area (Å²) >= 11 is 0. The van der Waals surface area contributed by atoms with Gasteiger partial charge in [-0.3, -0.25) is 9.59 Å². The van der Waals surface area contributed by atoms with E-state index in [9.17, 15) is 9.59 Å². The minimum absolute atomic E-state index is 0.179. The van der Waals surface area contributed by atoms with Gasteiger partial charge >= 0.3 is 0 Å². The fourth-order valence-electron chi connectivity index (χ4n) is 3.57. The van der Waals surface area contributed by atoms with Crippen LogP contribution in [0.1, 0.15) is 20.9 Å². The minimum atomic E-state index is -0.530. The number of rotatable bonds is 5. The van der Waals surface area contributed by atoms with Crippen molar-refractivity contribution in [3.05, 3.63) is 103 Å². The van der Waals surface area contributed by atoms with Crippen LogP contribution in [0.25, 0.3) is 27.8 Å². The van der Waals surface area contributed by atoms with E-state index in [1.54, 1.807) is 35.1 Å². The van der Waals surface area contributed by atoms with Gasteiger partial charge in [-0.15, -0.1) is 0 Å². The van der Waals surface area contributed by atoms with E-state index in [0.29, 0.717) is 22.4 Å². The molecule has 0 spiro atoms. The number of aromatic nitrogens is 2. The maximum atomic E-state index is 13.1. The number of amides is 2. The number of carbonyl (C=O) groups is 2. The van der Waals surface area contributed by atoms with Gasteiger partial charge in [-0.1, -0.05) is 36.4 Å². The highest BCUT2D eigenvalue weighted by atomic mass is 16.3. The number of nitrogens with one attached hydrogen (secondary N) is 1. The monoisotopic (exact) mass is 422 g/mol. The van der Waals surface area contributed by atoms with Gasteiger partial charge in [-0.2, -0.15) is 5.10 Å². The van der Waals surface area contributed by atoms with Crippen LogP contribution in [0, 0.1) is 0 Å². The molecule has 156 valence electrons. The number of para-hydroxylation sites is 2. The van der Waals surface area contributed by atoms with E-state index in [-0.39, 0.29) is 5.76 Å². The summed E-state index contributed by atoms with van der Waals surface area (Å²) in [6.45, 7) is 0. The van der Waals surface area contributed by atoms with Crippen molar-refractivity contribution in [2.75, 3.05) is 5.32 Å². The van der Waals surface area contributed by atoms with Crippen molar-refractivity contribution < 1.29 is 14.0 Å². The summed E-state index contributed by atoms with van der Waals surface area (Å²) in [5, 5.41) is 8.10. The topological polar surface area (TPSA) is 103 Å². The molecule has 7 nitrogen and oxygen atoms in total. The lowest BCUT2D eigenvalue weighted by atomic mass is 10.0. The molecule has 5 aromatic rings. The van der Waals surface area contributed by atoms with Gasteiger partial charge in [-0.25, -0.2) is 4.68 Å². The van der Waals surface area contributed by atoms with Crippen LogP contribution in [0.15, 0.2) is 95.7 Å². The van der Waals surface area contributed by atoms with Crippen LogP contribution < -0.4 is 11.1 Å². The summed E-state index contributed by atoms with van der Waals surface area (Å²) in [5.41, 5.74) is 9.09. The van der Waals surface area contributed by atoms with E-state index >= 15 is 0 Å². The van der Waals surface area contributed by atoms with Gasteiger partial charge in [0.15, 0.2) is 0 Å². The molecule has 2 heterocycles. The van der Waals surface area contributed by atoms with E-state index in [1.807, 2.05) is 60.8 Å². The fraction of sp³-hybridized carbons (Fsp3) is 0. The molecule has 0 aliphatic heterocycles. The van der Waals surface area contributed by atoms with Crippen molar-refractivity contribution in [1.82, 2.24) is 9.78 Å². The molecular formula is C25H18N4O3. The van der Waals surface area contributed by atoms with Crippen molar-refractivity contribution in [2.45, 2.75) is 0 Å². The average molecular weight is 422 g/mol. The summed E-state index contributed by atoms with van der Waals surface area (Å²) < 4.78 is 7.69. The number of nitrogens with zero attached hydrogens (tertiary/aromatic N) is 2. The first kappa shape index (κ1) is 19.3. The quantitative estimate of drug-likeness (QED) is 0.431. The molecule has 0 unspecified atom stereocenters. The Labute approximate surface area is 183 Å². The van der Waals surface area contributed by atoms with E-state index < -0.39 is 11.8 Å². The number of primary amides is 1. The Balaban J connectivity index is 1.54. The molecule has 0 aliphatic rings. The number of furan rings is 1. The van der Waals surface area contributed by atoms with Gasteiger partial charge < -0.3 is 15.5 Å².